The first-order valence-corrected chi connectivity index (χ1v) is 9.68. The van der Waals surface area contributed by atoms with Crippen LogP contribution in [0.3, 0.4) is 0 Å². The molecule has 27 heavy (non-hydrogen) atoms. The van der Waals surface area contributed by atoms with Gasteiger partial charge in [-0.05, 0) is 36.8 Å². The second-order valence-corrected chi connectivity index (χ2v) is 7.58. The zero-order chi connectivity index (χ0) is 19.6. The van der Waals surface area contributed by atoms with E-state index in [-0.39, 0.29) is 17.5 Å². The normalized spacial score (nSPS) is 10.8. The van der Waals surface area contributed by atoms with Crippen molar-refractivity contribution >= 4 is 58.3 Å². The monoisotopic (exact) mass is 442 g/mol. The lowest BCUT2D eigenvalue weighted by atomic mass is 10.2. The van der Waals surface area contributed by atoms with Crippen LogP contribution in [-0.2, 0) is 4.79 Å². The van der Waals surface area contributed by atoms with Crippen molar-refractivity contribution in [1.29, 1.82) is 0 Å². The summed E-state index contributed by atoms with van der Waals surface area (Å²) in [6.07, 6.45) is 1.43. The van der Waals surface area contributed by atoms with E-state index in [1.54, 1.807) is 31.2 Å². The van der Waals surface area contributed by atoms with Gasteiger partial charge in [-0.15, -0.1) is 10.2 Å². The van der Waals surface area contributed by atoms with Gasteiger partial charge in [-0.3, -0.25) is 4.79 Å². The third-order valence-electron chi connectivity index (χ3n) is 3.56. The molecule has 0 spiro atoms. The van der Waals surface area contributed by atoms with Crippen molar-refractivity contribution in [2.24, 2.45) is 0 Å². The summed E-state index contributed by atoms with van der Waals surface area (Å²) < 4.78 is 1.32. The van der Waals surface area contributed by atoms with Crippen molar-refractivity contribution < 1.29 is 4.79 Å². The molecule has 0 saturated carbocycles. The molecule has 0 bridgehead atoms. The van der Waals surface area contributed by atoms with E-state index in [0.717, 1.165) is 17.3 Å². The maximum Gasteiger partial charge on any atom is 0.236 e. The minimum absolute atomic E-state index is 0.0512. The van der Waals surface area contributed by atoms with Crippen molar-refractivity contribution in [3.8, 4) is 11.4 Å². The highest BCUT2D eigenvalue weighted by Crippen LogP contribution is 2.29. The molecule has 7 nitrogen and oxygen atoms in total. The Morgan fingerprint density at radius 3 is 2.63 bits per heavy atom. The quantitative estimate of drug-likeness (QED) is 0.456. The number of benzene rings is 1. The number of pyridine rings is 1. The number of halogens is 3. The molecule has 0 unspecified atom stereocenters. The molecule has 0 aliphatic carbocycles. The lowest BCUT2D eigenvalue weighted by molar-refractivity contribution is -0.113. The van der Waals surface area contributed by atoms with Gasteiger partial charge >= 0.3 is 0 Å². The fraction of sp³-hybridized carbons (Fsp3) is 0.125. The van der Waals surface area contributed by atoms with Crippen molar-refractivity contribution in [2.45, 2.75) is 12.1 Å². The van der Waals surface area contributed by atoms with Gasteiger partial charge in [0, 0.05) is 16.8 Å². The largest absolute Gasteiger partial charge is 0.335 e. The zero-order valence-corrected chi connectivity index (χ0v) is 17.0. The van der Waals surface area contributed by atoms with E-state index in [1.165, 1.54) is 10.9 Å². The van der Waals surface area contributed by atoms with E-state index in [1.807, 2.05) is 0 Å². The Kier molecular flexibility index (Phi) is 6.11. The summed E-state index contributed by atoms with van der Waals surface area (Å²) >= 11 is 19.1. The van der Waals surface area contributed by atoms with Crippen LogP contribution in [0.4, 0.5) is 5.82 Å². The number of carbonyl (C=O) groups excluding carboxylic acids is 1. The Hall–Kier alpha value is -2.00. The van der Waals surface area contributed by atoms with Gasteiger partial charge in [-0.2, -0.15) is 0 Å². The van der Waals surface area contributed by atoms with Crippen molar-refractivity contribution in [3.63, 3.8) is 0 Å². The van der Waals surface area contributed by atoms with E-state index in [4.69, 9.17) is 40.6 Å². The Bertz CT molecular complexity index is 993. The molecule has 140 valence electrons. The van der Waals surface area contributed by atoms with Gasteiger partial charge in [0.2, 0.25) is 11.1 Å². The summed E-state index contributed by atoms with van der Waals surface area (Å²) in [6, 6.07) is 7.04. The van der Waals surface area contributed by atoms with Crippen molar-refractivity contribution in [2.75, 3.05) is 16.9 Å². The SMILES string of the molecule is Cc1c(Cl)cnc(NC(=O)CSc2nnc(-c3ccc(Cl)cc3)n2N)c1Cl. The lowest BCUT2D eigenvalue weighted by Gasteiger charge is -2.09. The minimum Gasteiger partial charge on any atom is -0.335 e. The number of nitrogens with zero attached hydrogens (tertiary/aromatic N) is 4. The predicted molar refractivity (Wildman–Crippen MR) is 109 cm³/mol. The molecule has 11 heteroatoms. The van der Waals surface area contributed by atoms with E-state index in [0.29, 0.717) is 31.6 Å². The highest BCUT2D eigenvalue weighted by atomic mass is 35.5. The number of nitrogens with one attached hydrogen (secondary N) is 1. The first kappa shape index (κ1) is 19.8. The van der Waals surface area contributed by atoms with Crippen LogP contribution < -0.4 is 11.2 Å². The number of rotatable bonds is 5. The number of aromatic nitrogens is 4. The van der Waals surface area contributed by atoms with Crippen LogP contribution >= 0.6 is 46.6 Å². The van der Waals surface area contributed by atoms with Gasteiger partial charge in [0.05, 0.1) is 15.8 Å². The Labute approximate surface area is 174 Å². The summed E-state index contributed by atoms with van der Waals surface area (Å²) in [4.78, 5) is 16.2. The van der Waals surface area contributed by atoms with Crippen LogP contribution in [0.25, 0.3) is 11.4 Å². The Morgan fingerprint density at radius 1 is 1.22 bits per heavy atom. The molecule has 0 aliphatic heterocycles. The van der Waals surface area contributed by atoms with Gasteiger partial charge in [-0.1, -0.05) is 46.6 Å². The molecule has 3 rings (SSSR count). The van der Waals surface area contributed by atoms with Gasteiger partial charge in [0.25, 0.3) is 0 Å². The Morgan fingerprint density at radius 2 is 1.93 bits per heavy atom. The summed E-state index contributed by atoms with van der Waals surface area (Å²) in [5.74, 6) is 6.48. The first-order chi connectivity index (χ1) is 12.9. The fourth-order valence-electron chi connectivity index (χ4n) is 2.11. The highest BCUT2D eigenvalue weighted by molar-refractivity contribution is 7.99. The van der Waals surface area contributed by atoms with Gasteiger partial charge in [0.15, 0.2) is 11.6 Å². The fourth-order valence-corrected chi connectivity index (χ4v) is 3.29. The molecule has 2 heterocycles. The maximum atomic E-state index is 12.2. The average Bonchev–Trinajstić information content (AvgIpc) is 3.02. The molecule has 2 aromatic heterocycles. The van der Waals surface area contributed by atoms with E-state index in [9.17, 15) is 4.79 Å². The lowest BCUT2D eigenvalue weighted by Crippen LogP contribution is -2.17. The molecule has 3 aromatic rings. The van der Waals surface area contributed by atoms with Crippen LogP contribution in [-0.4, -0.2) is 31.5 Å². The van der Waals surface area contributed by atoms with Gasteiger partial charge in [0.1, 0.15) is 0 Å². The molecular weight excluding hydrogens is 431 g/mol. The third kappa shape index (κ3) is 4.47. The standard InChI is InChI=1S/C16H13Cl3N6OS/c1-8-11(18)6-21-14(13(8)19)22-12(26)7-27-16-24-23-15(25(16)20)9-2-4-10(17)5-3-9/h2-6H,7,20H2,1H3,(H,21,22,26). The summed E-state index contributed by atoms with van der Waals surface area (Å²) in [6.45, 7) is 1.74. The number of hydrogen-bond donors (Lipinski definition) is 2. The number of thioether (sulfide) groups is 1. The van der Waals surface area contributed by atoms with Crippen LogP contribution in [0.1, 0.15) is 5.56 Å². The van der Waals surface area contributed by atoms with Gasteiger partial charge in [-0.25, -0.2) is 9.66 Å². The summed E-state index contributed by atoms with van der Waals surface area (Å²) in [5, 5.41) is 12.4. The number of hydrogen-bond acceptors (Lipinski definition) is 6. The number of amides is 1. The smallest absolute Gasteiger partial charge is 0.236 e. The molecule has 0 radical (unpaired) electrons. The molecule has 0 saturated heterocycles. The van der Waals surface area contributed by atoms with Crippen molar-refractivity contribution in [3.05, 3.63) is 51.1 Å². The van der Waals surface area contributed by atoms with E-state index < -0.39 is 0 Å². The second kappa shape index (κ2) is 8.35. The van der Waals surface area contributed by atoms with Gasteiger partial charge < -0.3 is 11.2 Å². The molecule has 3 N–H and O–H groups in total. The second-order valence-electron chi connectivity index (χ2n) is 5.41. The molecule has 1 aromatic carbocycles. The molecule has 0 aliphatic rings. The molecule has 0 atom stereocenters. The van der Waals surface area contributed by atoms with Crippen molar-refractivity contribution in [1.82, 2.24) is 19.9 Å². The van der Waals surface area contributed by atoms with Crippen LogP contribution in [0.15, 0.2) is 35.6 Å². The predicted octanol–water partition coefficient (Wildman–Crippen LogP) is 4.05. The maximum absolute atomic E-state index is 12.2. The highest BCUT2D eigenvalue weighted by Gasteiger charge is 2.15. The minimum atomic E-state index is -0.313. The van der Waals surface area contributed by atoms with Crippen LogP contribution in [0.5, 0.6) is 0 Å². The number of nitrogen functional groups attached to an aromatic ring is 1. The van der Waals surface area contributed by atoms with E-state index >= 15 is 0 Å². The third-order valence-corrected chi connectivity index (χ3v) is 5.60. The molecule has 1 amide bonds. The van der Waals surface area contributed by atoms with Crippen LogP contribution in [0, 0.1) is 6.92 Å². The Balaban J connectivity index is 1.66. The number of carbonyl (C=O) groups is 1. The topological polar surface area (TPSA) is 98.7 Å². The summed E-state index contributed by atoms with van der Waals surface area (Å²) in [7, 11) is 0. The first-order valence-electron chi connectivity index (χ1n) is 7.56. The number of nitrogens with two attached hydrogens (primary N) is 1. The number of anilines is 1. The molecular formula is C16H13Cl3N6OS. The zero-order valence-electron chi connectivity index (χ0n) is 13.9. The van der Waals surface area contributed by atoms with Crippen LogP contribution in [0.2, 0.25) is 15.1 Å². The van der Waals surface area contributed by atoms with E-state index in [2.05, 4.69) is 20.5 Å². The molecule has 0 fully saturated rings. The summed E-state index contributed by atoms with van der Waals surface area (Å²) in [5.41, 5.74) is 1.41. The average molecular weight is 444 g/mol.